The van der Waals surface area contributed by atoms with Crippen LogP contribution in [0.15, 0.2) is 24.3 Å². The number of amides is 2. The molecule has 0 radical (unpaired) electrons. The molecule has 0 bridgehead atoms. The summed E-state index contributed by atoms with van der Waals surface area (Å²) in [5, 5.41) is 5.57. The van der Waals surface area contributed by atoms with Gasteiger partial charge in [0.25, 0.3) is 0 Å². The summed E-state index contributed by atoms with van der Waals surface area (Å²) >= 11 is 0. The minimum Gasteiger partial charge on any atom is -0.494 e. The Morgan fingerprint density at radius 2 is 1.75 bits per heavy atom. The molecule has 0 aliphatic heterocycles. The number of ether oxygens (including phenoxy) is 1. The van der Waals surface area contributed by atoms with Crippen molar-refractivity contribution in [3.05, 3.63) is 29.8 Å². The van der Waals surface area contributed by atoms with Crippen LogP contribution in [0.2, 0.25) is 0 Å². The monoisotopic (exact) mass is 332 g/mol. The highest BCUT2D eigenvalue weighted by Gasteiger charge is 2.28. The first-order chi connectivity index (χ1) is 11.6. The zero-order valence-corrected chi connectivity index (χ0v) is 14.0. The van der Waals surface area contributed by atoms with Crippen molar-refractivity contribution < 1.29 is 19.1 Å². The van der Waals surface area contributed by atoms with Crippen LogP contribution in [0, 0.1) is 5.92 Å². The van der Waals surface area contributed by atoms with E-state index in [1.807, 2.05) is 0 Å². The molecule has 130 valence electrons. The molecule has 0 aromatic heterocycles. The first-order valence-corrected chi connectivity index (χ1v) is 8.34. The van der Waals surface area contributed by atoms with Crippen LogP contribution in [0.5, 0.6) is 5.75 Å². The van der Waals surface area contributed by atoms with Crippen LogP contribution in [0.1, 0.15) is 43.0 Å². The van der Waals surface area contributed by atoms with Crippen LogP contribution in [0.4, 0.5) is 0 Å². The molecule has 2 amide bonds. The maximum atomic E-state index is 11.6. The highest BCUT2D eigenvalue weighted by molar-refractivity contribution is 5.94. The number of hydrogen-bond acceptors (Lipinski definition) is 4. The van der Waals surface area contributed by atoms with E-state index in [1.54, 1.807) is 24.3 Å². The van der Waals surface area contributed by atoms with Crippen LogP contribution in [-0.4, -0.2) is 37.3 Å². The van der Waals surface area contributed by atoms with Gasteiger partial charge in [0, 0.05) is 31.0 Å². The van der Waals surface area contributed by atoms with E-state index in [-0.39, 0.29) is 23.5 Å². The van der Waals surface area contributed by atoms with E-state index in [2.05, 4.69) is 10.6 Å². The molecule has 0 saturated heterocycles. The van der Waals surface area contributed by atoms with Gasteiger partial charge in [-0.1, -0.05) is 0 Å². The Kier molecular flexibility index (Phi) is 6.78. The van der Waals surface area contributed by atoms with E-state index in [9.17, 15) is 14.4 Å². The zero-order valence-electron chi connectivity index (χ0n) is 14.0. The molecule has 6 heteroatoms. The van der Waals surface area contributed by atoms with Gasteiger partial charge < -0.3 is 15.4 Å². The molecular weight excluding hydrogens is 308 g/mol. The van der Waals surface area contributed by atoms with E-state index < -0.39 is 0 Å². The fourth-order valence-corrected chi connectivity index (χ4v) is 2.17. The molecular formula is C18H24N2O4. The first-order valence-electron chi connectivity index (χ1n) is 8.34. The van der Waals surface area contributed by atoms with Crippen molar-refractivity contribution in [1.29, 1.82) is 0 Å². The predicted molar refractivity (Wildman–Crippen MR) is 89.9 cm³/mol. The average molecular weight is 332 g/mol. The quantitative estimate of drug-likeness (QED) is 0.504. The standard InChI is InChI=1S/C18H24N2O4/c1-13(21)14-6-8-16(9-7-14)24-12-2-3-17(22)19-10-11-20-18(23)15-4-5-15/h6-9,15H,2-5,10-12H2,1H3,(H,19,22)(H,20,23). The second-order valence-corrected chi connectivity index (χ2v) is 5.95. The summed E-state index contributed by atoms with van der Waals surface area (Å²) in [4.78, 5) is 34.2. The van der Waals surface area contributed by atoms with E-state index in [1.165, 1.54) is 6.92 Å². The number of hydrogen-bond donors (Lipinski definition) is 2. The summed E-state index contributed by atoms with van der Waals surface area (Å²) in [5.41, 5.74) is 0.649. The van der Waals surface area contributed by atoms with Gasteiger partial charge in [-0.2, -0.15) is 0 Å². The van der Waals surface area contributed by atoms with Gasteiger partial charge in [-0.3, -0.25) is 14.4 Å². The highest BCUT2D eigenvalue weighted by Crippen LogP contribution is 2.28. The van der Waals surface area contributed by atoms with Gasteiger partial charge in [-0.05, 0) is 50.5 Å². The topological polar surface area (TPSA) is 84.5 Å². The lowest BCUT2D eigenvalue weighted by atomic mass is 10.1. The zero-order chi connectivity index (χ0) is 17.4. The maximum Gasteiger partial charge on any atom is 0.223 e. The molecule has 1 aliphatic rings. The molecule has 1 fully saturated rings. The number of rotatable bonds is 10. The van der Waals surface area contributed by atoms with Crippen molar-refractivity contribution in [2.45, 2.75) is 32.6 Å². The molecule has 1 saturated carbocycles. The van der Waals surface area contributed by atoms with Gasteiger partial charge in [0.1, 0.15) is 5.75 Å². The van der Waals surface area contributed by atoms with Gasteiger partial charge >= 0.3 is 0 Å². The lowest BCUT2D eigenvalue weighted by molar-refractivity contribution is -0.123. The highest BCUT2D eigenvalue weighted by atomic mass is 16.5. The summed E-state index contributed by atoms with van der Waals surface area (Å²) < 4.78 is 5.53. The molecule has 24 heavy (non-hydrogen) atoms. The Morgan fingerprint density at radius 3 is 2.38 bits per heavy atom. The minimum absolute atomic E-state index is 0.0199. The third kappa shape index (κ3) is 6.40. The van der Waals surface area contributed by atoms with Gasteiger partial charge in [0.05, 0.1) is 6.61 Å². The van der Waals surface area contributed by atoms with Crippen molar-refractivity contribution in [2.24, 2.45) is 5.92 Å². The molecule has 1 aromatic rings. The van der Waals surface area contributed by atoms with E-state index in [0.717, 1.165) is 12.8 Å². The smallest absolute Gasteiger partial charge is 0.223 e. The first kappa shape index (κ1) is 18.0. The summed E-state index contributed by atoms with van der Waals surface area (Å²) in [5.74, 6) is 0.941. The van der Waals surface area contributed by atoms with Crippen molar-refractivity contribution in [3.8, 4) is 5.75 Å². The SMILES string of the molecule is CC(=O)c1ccc(OCCCC(=O)NCCNC(=O)C2CC2)cc1. The lowest BCUT2D eigenvalue weighted by Gasteiger charge is -2.08. The molecule has 2 N–H and O–H groups in total. The molecule has 0 unspecified atom stereocenters. The third-order valence-electron chi connectivity index (χ3n) is 3.77. The Bertz CT molecular complexity index is 579. The fraction of sp³-hybridized carbons (Fsp3) is 0.500. The number of benzene rings is 1. The Labute approximate surface area is 142 Å². The molecule has 1 aromatic carbocycles. The maximum absolute atomic E-state index is 11.6. The minimum atomic E-state index is -0.0498. The van der Waals surface area contributed by atoms with Crippen LogP contribution in [0.3, 0.4) is 0 Å². The third-order valence-corrected chi connectivity index (χ3v) is 3.77. The number of carbonyl (C=O) groups is 3. The Hall–Kier alpha value is -2.37. The lowest BCUT2D eigenvalue weighted by Crippen LogP contribution is -2.35. The normalized spacial score (nSPS) is 13.2. The van der Waals surface area contributed by atoms with Crippen LogP contribution in [-0.2, 0) is 9.59 Å². The van der Waals surface area contributed by atoms with E-state index >= 15 is 0 Å². The van der Waals surface area contributed by atoms with Crippen molar-refractivity contribution in [2.75, 3.05) is 19.7 Å². The van der Waals surface area contributed by atoms with Crippen molar-refractivity contribution >= 4 is 17.6 Å². The van der Waals surface area contributed by atoms with Crippen LogP contribution >= 0.6 is 0 Å². The van der Waals surface area contributed by atoms with Crippen LogP contribution in [0.25, 0.3) is 0 Å². The number of nitrogens with one attached hydrogen (secondary N) is 2. The second kappa shape index (κ2) is 9.05. The summed E-state index contributed by atoms with van der Waals surface area (Å²) in [6.45, 7) is 2.88. The van der Waals surface area contributed by atoms with Gasteiger partial charge in [0.2, 0.25) is 11.8 Å². The summed E-state index contributed by atoms with van der Waals surface area (Å²) in [6.07, 6.45) is 2.95. The van der Waals surface area contributed by atoms with Gasteiger partial charge in [-0.15, -0.1) is 0 Å². The summed E-state index contributed by atoms with van der Waals surface area (Å²) in [7, 11) is 0. The predicted octanol–water partition coefficient (Wildman–Crippen LogP) is 1.69. The average Bonchev–Trinajstić information content (AvgIpc) is 3.41. The Balaban J connectivity index is 1.50. The van der Waals surface area contributed by atoms with Crippen molar-refractivity contribution in [1.82, 2.24) is 10.6 Å². The number of Topliss-reactive ketones (excluding diaryl/α,β-unsaturated/α-hetero) is 1. The van der Waals surface area contributed by atoms with Gasteiger partial charge in [0.15, 0.2) is 5.78 Å². The largest absolute Gasteiger partial charge is 0.494 e. The second-order valence-electron chi connectivity index (χ2n) is 5.95. The Morgan fingerprint density at radius 1 is 1.08 bits per heavy atom. The molecule has 0 atom stereocenters. The number of ketones is 1. The molecule has 2 rings (SSSR count). The molecule has 0 spiro atoms. The van der Waals surface area contributed by atoms with E-state index in [4.69, 9.17) is 4.74 Å². The fourth-order valence-electron chi connectivity index (χ4n) is 2.17. The van der Waals surface area contributed by atoms with Gasteiger partial charge in [-0.25, -0.2) is 0 Å². The number of carbonyl (C=O) groups excluding carboxylic acids is 3. The molecule has 6 nitrogen and oxygen atoms in total. The van der Waals surface area contributed by atoms with E-state index in [0.29, 0.717) is 43.9 Å². The van der Waals surface area contributed by atoms with Crippen LogP contribution < -0.4 is 15.4 Å². The molecule has 0 heterocycles. The molecule has 1 aliphatic carbocycles. The van der Waals surface area contributed by atoms with Crippen molar-refractivity contribution in [3.63, 3.8) is 0 Å². The summed E-state index contributed by atoms with van der Waals surface area (Å²) in [6, 6.07) is 6.94.